The van der Waals surface area contributed by atoms with Crippen LogP contribution in [0.25, 0.3) is 0 Å². The molecule has 0 saturated heterocycles. The highest BCUT2D eigenvalue weighted by atomic mass is 35.5. The topological polar surface area (TPSA) is 77.5 Å². The Balaban J connectivity index is 1.87. The van der Waals surface area contributed by atoms with Gasteiger partial charge in [0.05, 0.1) is 16.3 Å². The van der Waals surface area contributed by atoms with Gasteiger partial charge in [0.1, 0.15) is 28.5 Å². The van der Waals surface area contributed by atoms with Gasteiger partial charge in [-0.1, -0.05) is 41.9 Å². The predicted octanol–water partition coefficient (Wildman–Crippen LogP) is 7.76. The van der Waals surface area contributed by atoms with Crippen LogP contribution in [0, 0.1) is 11.6 Å². The van der Waals surface area contributed by atoms with Crippen molar-refractivity contribution in [1.29, 1.82) is 0 Å². The van der Waals surface area contributed by atoms with E-state index >= 15 is 4.39 Å². The summed E-state index contributed by atoms with van der Waals surface area (Å²) >= 11 is 6.13. The normalized spacial score (nSPS) is 13.1. The summed E-state index contributed by atoms with van der Waals surface area (Å²) in [6.07, 6.45) is 1.34. The lowest BCUT2D eigenvalue weighted by Crippen LogP contribution is -2.49. The standard InChI is InChI=1S/C34H31ClF4N2O4/c1-32(2,3)45-30(42)20-44-26-16-23(15-25(36)17-26)34(18-21-8-6-5-7-9-21,29-13-11-24(35)19-40-29)41-31(43)22-10-12-28(37)27(14-22)33(4,38)39/h5-17,19H,18,20H2,1-4H3,(H,41,43)/t34-/m0/s1. The van der Waals surface area contributed by atoms with Gasteiger partial charge in [-0.15, -0.1) is 0 Å². The Kier molecular flexibility index (Phi) is 9.87. The molecule has 0 saturated carbocycles. The van der Waals surface area contributed by atoms with Crippen molar-refractivity contribution in [2.75, 3.05) is 6.61 Å². The highest BCUT2D eigenvalue weighted by molar-refractivity contribution is 6.30. The Morgan fingerprint density at radius 2 is 1.62 bits per heavy atom. The van der Waals surface area contributed by atoms with E-state index in [9.17, 15) is 22.8 Å². The van der Waals surface area contributed by atoms with Gasteiger partial charge in [-0.3, -0.25) is 9.78 Å². The van der Waals surface area contributed by atoms with Crippen LogP contribution < -0.4 is 10.1 Å². The molecule has 6 nitrogen and oxygen atoms in total. The zero-order chi connectivity index (χ0) is 33.0. The number of esters is 1. The van der Waals surface area contributed by atoms with E-state index < -0.39 is 52.7 Å². The fourth-order valence-electron chi connectivity index (χ4n) is 4.73. The monoisotopic (exact) mass is 642 g/mol. The van der Waals surface area contributed by atoms with Crippen LogP contribution >= 0.6 is 11.6 Å². The van der Waals surface area contributed by atoms with Crippen molar-refractivity contribution in [3.8, 4) is 5.75 Å². The minimum atomic E-state index is -3.57. The predicted molar refractivity (Wildman–Crippen MR) is 161 cm³/mol. The lowest BCUT2D eigenvalue weighted by Gasteiger charge is -2.36. The van der Waals surface area contributed by atoms with E-state index in [0.29, 0.717) is 12.5 Å². The molecular weight excluding hydrogens is 612 g/mol. The van der Waals surface area contributed by atoms with Gasteiger partial charge in [0.15, 0.2) is 6.61 Å². The van der Waals surface area contributed by atoms with E-state index in [2.05, 4.69) is 10.3 Å². The van der Waals surface area contributed by atoms with Gasteiger partial charge >= 0.3 is 5.97 Å². The lowest BCUT2D eigenvalue weighted by molar-refractivity contribution is -0.157. The first-order valence-corrected chi connectivity index (χ1v) is 14.3. The highest BCUT2D eigenvalue weighted by Crippen LogP contribution is 2.37. The summed E-state index contributed by atoms with van der Waals surface area (Å²) in [5.41, 5.74) is -2.60. The van der Waals surface area contributed by atoms with Crippen LogP contribution in [0.4, 0.5) is 17.6 Å². The van der Waals surface area contributed by atoms with Crippen LogP contribution in [-0.4, -0.2) is 29.1 Å². The number of hydrogen-bond donors (Lipinski definition) is 1. The number of amides is 1. The van der Waals surface area contributed by atoms with Crippen molar-refractivity contribution in [2.45, 2.75) is 51.2 Å². The molecule has 0 radical (unpaired) electrons. The Morgan fingerprint density at radius 3 is 2.24 bits per heavy atom. The maximum Gasteiger partial charge on any atom is 0.344 e. The Hall–Kier alpha value is -4.44. The number of nitrogens with zero attached hydrogens (tertiary/aromatic N) is 1. The fraction of sp³-hybridized carbons (Fsp3) is 0.265. The number of benzene rings is 3. The van der Waals surface area contributed by atoms with E-state index in [4.69, 9.17) is 21.1 Å². The van der Waals surface area contributed by atoms with E-state index in [1.54, 1.807) is 51.1 Å². The average molecular weight is 643 g/mol. The van der Waals surface area contributed by atoms with Gasteiger partial charge in [-0.2, -0.15) is 0 Å². The van der Waals surface area contributed by atoms with Gasteiger partial charge in [-0.05, 0) is 74.4 Å². The third-order valence-corrected chi connectivity index (χ3v) is 6.87. The lowest BCUT2D eigenvalue weighted by atomic mass is 9.80. The second-order valence-electron chi connectivity index (χ2n) is 11.5. The van der Waals surface area contributed by atoms with Crippen molar-refractivity contribution in [2.24, 2.45) is 0 Å². The van der Waals surface area contributed by atoms with Gasteiger partial charge < -0.3 is 14.8 Å². The van der Waals surface area contributed by atoms with Crippen molar-refractivity contribution in [1.82, 2.24) is 10.3 Å². The summed E-state index contributed by atoms with van der Waals surface area (Å²) in [7, 11) is 0. The Bertz CT molecular complexity index is 1670. The van der Waals surface area contributed by atoms with E-state index in [1.165, 1.54) is 24.4 Å². The van der Waals surface area contributed by atoms with E-state index in [0.717, 1.165) is 30.3 Å². The number of aromatic nitrogens is 1. The molecule has 1 aromatic heterocycles. The number of nitrogens with one attached hydrogen (secondary N) is 1. The zero-order valence-corrected chi connectivity index (χ0v) is 25.7. The Morgan fingerprint density at radius 1 is 0.911 bits per heavy atom. The van der Waals surface area contributed by atoms with Crippen molar-refractivity contribution >= 4 is 23.5 Å². The number of rotatable bonds is 10. The zero-order valence-electron chi connectivity index (χ0n) is 25.0. The molecule has 0 bridgehead atoms. The van der Waals surface area contributed by atoms with E-state index in [1.807, 2.05) is 0 Å². The first-order valence-electron chi connectivity index (χ1n) is 13.9. The van der Waals surface area contributed by atoms with Gasteiger partial charge in [0, 0.05) is 31.2 Å². The number of alkyl halides is 2. The summed E-state index contributed by atoms with van der Waals surface area (Å²) in [5.74, 6) is -7.11. The van der Waals surface area contributed by atoms with Crippen LogP contribution in [0.15, 0.2) is 85.1 Å². The average Bonchev–Trinajstić information content (AvgIpc) is 2.95. The first-order chi connectivity index (χ1) is 21.1. The van der Waals surface area contributed by atoms with Crippen molar-refractivity contribution < 1.29 is 36.6 Å². The molecule has 0 unspecified atom stereocenters. The number of halogens is 5. The van der Waals surface area contributed by atoms with Crippen molar-refractivity contribution in [3.05, 3.63) is 130 Å². The van der Waals surface area contributed by atoms with Crippen LogP contribution in [-0.2, 0) is 27.4 Å². The molecule has 0 aliphatic rings. The molecule has 4 rings (SSSR count). The van der Waals surface area contributed by atoms with Gasteiger partial charge in [-0.25, -0.2) is 22.4 Å². The SMILES string of the molecule is CC(C)(C)OC(=O)COc1cc(F)cc([C@](Cc2ccccc2)(NC(=O)c2ccc(F)c(C(C)(F)F)c2)c2ccc(Cl)cn2)c1. The van der Waals surface area contributed by atoms with Gasteiger partial charge in [0.25, 0.3) is 11.8 Å². The maximum atomic E-state index is 15.3. The molecule has 236 valence electrons. The summed E-state index contributed by atoms with van der Waals surface area (Å²) in [5, 5.41) is 3.16. The molecule has 0 aliphatic heterocycles. The molecule has 1 atom stereocenters. The van der Waals surface area contributed by atoms with Crippen LogP contribution in [0.5, 0.6) is 5.75 Å². The smallest absolute Gasteiger partial charge is 0.344 e. The molecule has 4 aromatic rings. The molecule has 1 N–H and O–H groups in total. The summed E-state index contributed by atoms with van der Waals surface area (Å²) in [4.78, 5) is 30.6. The minimum absolute atomic E-state index is 0.00115. The fourth-order valence-corrected chi connectivity index (χ4v) is 4.84. The number of ether oxygens (including phenoxy) is 2. The molecule has 0 fully saturated rings. The maximum absolute atomic E-state index is 15.3. The second kappa shape index (κ2) is 13.3. The quantitative estimate of drug-likeness (QED) is 0.141. The third kappa shape index (κ3) is 8.60. The second-order valence-corrected chi connectivity index (χ2v) is 12.0. The number of carbonyl (C=O) groups excluding carboxylic acids is 2. The number of hydrogen-bond acceptors (Lipinski definition) is 5. The molecular formula is C34H31ClF4N2O4. The molecule has 45 heavy (non-hydrogen) atoms. The molecule has 11 heteroatoms. The minimum Gasteiger partial charge on any atom is -0.482 e. The number of carbonyl (C=O) groups is 2. The van der Waals surface area contributed by atoms with Crippen molar-refractivity contribution in [3.63, 3.8) is 0 Å². The molecule has 1 heterocycles. The Labute approximate surface area is 263 Å². The summed E-state index contributed by atoms with van der Waals surface area (Å²) in [6, 6.07) is 18.3. The van der Waals surface area contributed by atoms with Crippen LogP contribution in [0.1, 0.15) is 60.4 Å². The largest absolute Gasteiger partial charge is 0.482 e. The summed E-state index contributed by atoms with van der Waals surface area (Å²) < 4.78 is 68.8. The first kappa shape index (κ1) is 33.5. The van der Waals surface area contributed by atoms with E-state index in [-0.39, 0.29) is 34.0 Å². The highest BCUT2D eigenvalue weighted by Gasteiger charge is 2.39. The van der Waals surface area contributed by atoms with Gasteiger partial charge in [0.2, 0.25) is 0 Å². The molecule has 0 aliphatic carbocycles. The molecule has 0 spiro atoms. The van der Waals surface area contributed by atoms with Crippen LogP contribution in [0.3, 0.4) is 0 Å². The molecule has 3 aromatic carbocycles. The number of pyridine rings is 1. The van der Waals surface area contributed by atoms with Crippen LogP contribution in [0.2, 0.25) is 5.02 Å². The molecule has 1 amide bonds. The summed E-state index contributed by atoms with van der Waals surface area (Å²) in [6.45, 7) is 5.07. The third-order valence-electron chi connectivity index (χ3n) is 6.65.